The molecule has 5 N–H and O–H groups in total. The first-order valence-electron chi connectivity index (χ1n) is 5.39. The van der Waals surface area contributed by atoms with Gasteiger partial charge in [-0.05, 0) is 12.1 Å². The average molecular weight is 251 g/mol. The van der Waals surface area contributed by atoms with Gasteiger partial charge in [0.25, 0.3) is 0 Å². The molecule has 1 aromatic carbocycles. The van der Waals surface area contributed by atoms with Crippen LogP contribution in [0.15, 0.2) is 18.2 Å². The van der Waals surface area contributed by atoms with Crippen molar-refractivity contribution in [1.82, 2.24) is 16.0 Å². The number of benzene rings is 1. The van der Waals surface area contributed by atoms with E-state index in [1.807, 2.05) is 0 Å². The summed E-state index contributed by atoms with van der Waals surface area (Å²) in [5.74, 6) is -0.473. The summed E-state index contributed by atoms with van der Waals surface area (Å²) >= 11 is 0. The van der Waals surface area contributed by atoms with E-state index < -0.39 is 6.04 Å². The SMILES string of the molecule is O=C1NC[C@@H](C(=O)NCc2ccc(O)cc2O)N1. The predicted octanol–water partition coefficient (Wildman–Crippen LogP) is -0.605. The molecule has 1 fully saturated rings. The first-order chi connectivity index (χ1) is 8.56. The van der Waals surface area contributed by atoms with Gasteiger partial charge in [-0.1, -0.05) is 0 Å². The number of aromatic hydroxyl groups is 2. The van der Waals surface area contributed by atoms with Crippen LogP contribution in [0.4, 0.5) is 4.79 Å². The third kappa shape index (κ3) is 2.62. The van der Waals surface area contributed by atoms with E-state index in [4.69, 9.17) is 5.11 Å². The minimum atomic E-state index is -0.600. The smallest absolute Gasteiger partial charge is 0.315 e. The minimum Gasteiger partial charge on any atom is -0.508 e. The molecule has 1 aliphatic heterocycles. The van der Waals surface area contributed by atoms with Gasteiger partial charge in [0.1, 0.15) is 17.5 Å². The lowest BCUT2D eigenvalue weighted by molar-refractivity contribution is -0.122. The van der Waals surface area contributed by atoms with Crippen molar-refractivity contribution in [2.45, 2.75) is 12.6 Å². The van der Waals surface area contributed by atoms with E-state index in [0.29, 0.717) is 5.56 Å². The van der Waals surface area contributed by atoms with Gasteiger partial charge in [-0.3, -0.25) is 4.79 Å². The Morgan fingerprint density at radius 1 is 1.44 bits per heavy atom. The van der Waals surface area contributed by atoms with Gasteiger partial charge in [-0.2, -0.15) is 0 Å². The molecule has 1 atom stereocenters. The summed E-state index contributed by atoms with van der Waals surface area (Å²) in [6.07, 6.45) is 0. The van der Waals surface area contributed by atoms with Crippen LogP contribution in [0.3, 0.4) is 0 Å². The Labute approximate surface area is 103 Å². The number of rotatable bonds is 3. The molecule has 1 saturated heterocycles. The summed E-state index contributed by atoms with van der Waals surface area (Å²) in [4.78, 5) is 22.5. The number of urea groups is 1. The number of carbonyl (C=O) groups is 2. The number of hydrogen-bond acceptors (Lipinski definition) is 4. The van der Waals surface area contributed by atoms with Crippen LogP contribution in [0.1, 0.15) is 5.56 Å². The highest BCUT2D eigenvalue weighted by atomic mass is 16.3. The van der Waals surface area contributed by atoms with E-state index in [2.05, 4.69) is 16.0 Å². The highest BCUT2D eigenvalue weighted by Gasteiger charge is 2.26. The number of phenols is 2. The van der Waals surface area contributed by atoms with E-state index in [-0.39, 0.29) is 36.5 Å². The van der Waals surface area contributed by atoms with Gasteiger partial charge >= 0.3 is 6.03 Å². The van der Waals surface area contributed by atoms with Gasteiger partial charge in [-0.25, -0.2) is 4.79 Å². The summed E-state index contributed by atoms with van der Waals surface area (Å²) in [6, 6.07) is 3.15. The summed E-state index contributed by atoms with van der Waals surface area (Å²) in [5, 5.41) is 26.1. The Morgan fingerprint density at radius 3 is 2.83 bits per heavy atom. The summed E-state index contributed by atoms with van der Waals surface area (Å²) in [7, 11) is 0. The van der Waals surface area contributed by atoms with Crippen LogP contribution in [0.2, 0.25) is 0 Å². The van der Waals surface area contributed by atoms with Gasteiger partial charge in [0, 0.05) is 24.7 Å². The Morgan fingerprint density at radius 2 is 2.22 bits per heavy atom. The molecule has 96 valence electrons. The molecule has 18 heavy (non-hydrogen) atoms. The molecule has 7 nitrogen and oxygen atoms in total. The summed E-state index contributed by atoms with van der Waals surface area (Å²) in [5.41, 5.74) is 0.485. The van der Waals surface area contributed by atoms with Crippen molar-refractivity contribution >= 4 is 11.9 Å². The summed E-state index contributed by atoms with van der Waals surface area (Å²) in [6.45, 7) is 0.365. The zero-order chi connectivity index (χ0) is 13.1. The minimum absolute atomic E-state index is 0.0465. The van der Waals surface area contributed by atoms with Crippen LogP contribution < -0.4 is 16.0 Å². The van der Waals surface area contributed by atoms with Gasteiger partial charge in [0.2, 0.25) is 5.91 Å². The van der Waals surface area contributed by atoms with Crippen LogP contribution in [-0.4, -0.2) is 34.7 Å². The molecule has 1 aliphatic rings. The van der Waals surface area contributed by atoms with Gasteiger partial charge in [0.05, 0.1) is 0 Å². The topological polar surface area (TPSA) is 111 Å². The number of nitrogens with one attached hydrogen (secondary N) is 3. The third-order valence-corrected chi connectivity index (χ3v) is 2.61. The largest absolute Gasteiger partial charge is 0.508 e. The molecule has 2 rings (SSSR count). The maximum Gasteiger partial charge on any atom is 0.315 e. The molecule has 1 aromatic rings. The fraction of sp³-hybridized carbons (Fsp3) is 0.273. The zero-order valence-electron chi connectivity index (χ0n) is 9.43. The fourth-order valence-electron chi connectivity index (χ4n) is 1.62. The highest BCUT2D eigenvalue weighted by molar-refractivity contribution is 5.90. The number of phenolic OH excluding ortho intramolecular Hbond substituents is 2. The van der Waals surface area contributed by atoms with Crippen molar-refractivity contribution in [2.75, 3.05) is 6.54 Å². The van der Waals surface area contributed by atoms with E-state index in [1.165, 1.54) is 18.2 Å². The van der Waals surface area contributed by atoms with Crippen LogP contribution in [0.5, 0.6) is 11.5 Å². The van der Waals surface area contributed by atoms with E-state index >= 15 is 0 Å². The standard InChI is InChI=1S/C11H13N3O4/c15-7-2-1-6(9(16)3-7)4-12-10(17)8-5-13-11(18)14-8/h1-3,8,15-16H,4-5H2,(H,12,17)(H2,13,14,18)/t8-/m0/s1. The number of hydrogen-bond donors (Lipinski definition) is 5. The van der Waals surface area contributed by atoms with Crippen LogP contribution in [0, 0.1) is 0 Å². The lowest BCUT2D eigenvalue weighted by Gasteiger charge is -2.10. The Kier molecular flexibility index (Phi) is 3.22. The highest BCUT2D eigenvalue weighted by Crippen LogP contribution is 2.22. The van der Waals surface area contributed by atoms with Gasteiger partial charge in [-0.15, -0.1) is 0 Å². The molecule has 0 bridgehead atoms. The van der Waals surface area contributed by atoms with Crippen molar-refractivity contribution in [3.63, 3.8) is 0 Å². The van der Waals surface area contributed by atoms with Crippen molar-refractivity contribution < 1.29 is 19.8 Å². The molecule has 0 spiro atoms. The second-order valence-electron chi connectivity index (χ2n) is 3.94. The predicted molar refractivity (Wildman–Crippen MR) is 61.9 cm³/mol. The number of amides is 3. The Hall–Kier alpha value is -2.44. The lowest BCUT2D eigenvalue weighted by atomic mass is 10.2. The van der Waals surface area contributed by atoms with E-state index in [0.717, 1.165) is 0 Å². The van der Waals surface area contributed by atoms with Crippen LogP contribution >= 0.6 is 0 Å². The third-order valence-electron chi connectivity index (χ3n) is 2.61. The van der Waals surface area contributed by atoms with Crippen molar-refractivity contribution in [3.05, 3.63) is 23.8 Å². The van der Waals surface area contributed by atoms with E-state index in [9.17, 15) is 14.7 Å². The van der Waals surface area contributed by atoms with Crippen LogP contribution in [-0.2, 0) is 11.3 Å². The first kappa shape index (κ1) is 12.0. The molecule has 0 aromatic heterocycles. The van der Waals surface area contributed by atoms with Crippen molar-refractivity contribution in [3.8, 4) is 11.5 Å². The van der Waals surface area contributed by atoms with E-state index in [1.54, 1.807) is 0 Å². The Balaban J connectivity index is 1.91. The van der Waals surface area contributed by atoms with Crippen molar-refractivity contribution in [2.24, 2.45) is 0 Å². The maximum absolute atomic E-state index is 11.6. The quantitative estimate of drug-likeness (QED) is 0.493. The molecule has 0 unspecified atom stereocenters. The molecule has 7 heteroatoms. The molecular formula is C11H13N3O4. The van der Waals surface area contributed by atoms with Crippen molar-refractivity contribution in [1.29, 1.82) is 0 Å². The average Bonchev–Trinajstić information content (AvgIpc) is 2.74. The number of carbonyl (C=O) groups excluding carboxylic acids is 2. The normalized spacial score (nSPS) is 18.0. The molecule has 0 aliphatic carbocycles. The molecule has 0 saturated carbocycles. The zero-order valence-corrected chi connectivity index (χ0v) is 9.43. The second kappa shape index (κ2) is 4.82. The van der Waals surface area contributed by atoms with Crippen LogP contribution in [0.25, 0.3) is 0 Å². The Bertz CT molecular complexity index is 489. The fourth-order valence-corrected chi connectivity index (χ4v) is 1.62. The lowest BCUT2D eigenvalue weighted by Crippen LogP contribution is -2.42. The maximum atomic E-state index is 11.6. The molecule has 0 radical (unpaired) electrons. The second-order valence-corrected chi connectivity index (χ2v) is 3.94. The molecule has 1 heterocycles. The van der Waals surface area contributed by atoms with Gasteiger partial charge in [0.15, 0.2) is 0 Å². The summed E-state index contributed by atoms with van der Waals surface area (Å²) < 4.78 is 0. The van der Waals surface area contributed by atoms with Gasteiger partial charge < -0.3 is 26.2 Å². The molecule has 3 amide bonds. The monoisotopic (exact) mass is 251 g/mol. The first-order valence-corrected chi connectivity index (χ1v) is 5.39. The molecular weight excluding hydrogens is 238 g/mol.